The van der Waals surface area contributed by atoms with Crippen LogP contribution in [0.15, 0.2) is 24.3 Å². The molecule has 0 radical (unpaired) electrons. The molecule has 10 nitrogen and oxygen atoms in total. The molecule has 1 aromatic rings. The quantitative estimate of drug-likeness (QED) is 0.385. The molecular formula is C25H36N4O6. The van der Waals surface area contributed by atoms with Gasteiger partial charge in [-0.25, -0.2) is 4.79 Å². The lowest BCUT2D eigenvalue weighted by molar-refractivity contribution is -0.149. The van der Waals surface area contributed by atoms with Crippen LogP contribution in [0.1, 0.15) is 55.8 Å². The van der Waals surface area contributed by atoms with Gasteiger partial charge in [-0.15, -0.1) is 0 Å². The Bertz CT molecular complexity index is 932. The fraction of sp³-hybridized carbons (Fsp3) is 0.600. The average Bonchev–Trinajstić information content (AvgIpc) is 2.87. The Morgan fingerprint density at radius 3 is 2.54 bits per heavy atom. The fourth-order valence-corrected chi connectivity index (χ4v) is 4.69. The molecule has 0 bridgehead atoms. The largest absolute Gasteiger partial charge is 0.496 e. The Kier molecular flexibility index (Phi) is 9.08. The predicted molar refractivity (Wildman–Crippen MR) is 129 cm³/mol. The van der Waals surface area contributed by atoms with Crippen molar-refractivity contribution in [2.45, 2.75) is 51.1 Å². The minimum atomic E-state index is -2.03. The van der Waals surface area contributed by atoms with Crippen molar-refractivity contribution in [3.63, 3.8) is 0 Å². The SMILES string of the molecule is COc1ccccc1C(=O)N[C@@](C)(NC(=O)C1CCCN(C(=O)CCC2CCNCC2)C1)C(=O)O. The van der Waals surface area contributed by atoms with Gasteiger partial charge >= 0.3 is 5.97 Å². The summed E-state index contributed by atoms with van der Waals surface area (Å²) in [7, 11) is 1.41. The summed E-state index contributed by atoms with van der Waals surface area (Å²) >= 11 is 0. The third-order valence-electron chi connectivity index (χ3n) is 6.89. The standard InChI is InChI=1S/C25H36N4O6/c1-25(24(33)34,28-23(32)19-7-3-4-8-20(19)35-2)27-22(31)18-6-5-15-29(16-18)21(30)10-9-17-11-13-26-14-12-17/h3-4,7-8,17-18,26H,5-6,9-16H2,1-2H3,(H,27,31)(H,28,32)(H,33,34)/t18?,25-/m1/s1. The second kappa shape index (κ2) is 12.0. The van der Waals surface area contributed by atoms with Crippen LogP contribution >= 0.6 is 0 Å². The molecule has 2 aliphatic heterocycles. The molecule has 2 atom stereocenters. The summed E-state index contributed by atoms with van der Waals surface area (Å²) in [5.41, 5.74) is -1.88. The van der Waals surface area contributed by atoms with Gasteiger partial charge < -0.3 is 30.7 Å². The van der Waals surface area contributed by atoms with Gasteiger partial charge in [-0.05, 0) is 70.2 Å². The van der Waals surface area contributed by atoms with Gasteiger partial charge in [-0.3, -0.25) is 14.4 Å². The van der Waals surface area contributed by atoms with Crippen molar-refractivity contribution in [2.75, 3.05) is 33.3 Å². The molecule has 2 saturated heterocycles. The van der Waals surface area contributed by atoms with Crippen LogP contribution < -0.4 is 20.7 Å². The number of hydrogen-bond acceptors (Lipinski definition) is 6. The van der Waals surface area contributed by atoms with Crippen LogP contribution in [0.4, 0.5) is 0 Å². The Hall–Kier alpha value is -3.14. The molecule has 1 aromatic carbocycles. The van der Waals surface area contributed by atoms with Crippen molar-refractivity contribution in [2.24, 2.45) is 11.8 Å². The Morgan fingerprint density at radius 2 is 1.86 bits per heavy atom. The molecule has 0 aromatic heterocycles. The fourth-order valence-electron chi connectivity index (χ4n) is 4.69. The van der Waals surface area contributed by atoms with Gasteiger partial charge in [0.2, 0.25) is 17.5 Å². The summed E-state index contributed by atoms with van der Waals surface area (Å²) in [6, 6.07) is 6.42. The lowest BCUT2D eigenvalue weighted by Gasteiger charge is -2.35. The number of aliphatic carboxylic acids is 1. The first-order valence-electron chi connectivity index (χ1n) is 12.2. The van der Waals surface area contributed by atoms with E-state index in [2.05, 4.69) is 16.0 Å². The molecule has 2 heterocycles. The Balaban J connectivity index is 1.59. The van der Waals surface area contributed by atoms with Crippen LogP contribution in [-0.2, 0) is 14.4 Å². The third kappa shape index (κ3) is 6.94. The number of ether oxygens (including phenoxy) is 1. The van der Waals surface area contributed by atoms with Crippen molar-refractivity contribution in [1.82, 2.24) is 20.9 Å². The Morgan fingerprint density at radius 1 is 1.14 bits per heavy atom. The van der Waals surface area contributed by atoms with E-state index in [0.29, 0.717) is 31.7 Å². The molecule has 0 saturated carbocycles. The maximum absolute atomic E-state index is 13.0. The number of likely N-dealkylation sites (tertiary alicyclic amines) is 1. The number of benzene rings is 1. The minimum absolute atomic E-state index is 0.0338. The molecule has 192 valence electrons. The zero-order valence-corrected chi connectivity index (χ0v) is 20.5. The number of carboxylic acid groups (broad SMARTS) is 1. The summed E-state index contributed by atoms with van der Waals surface area (Å²) in [5.74, 6) is -2.28. The zero-order chi connectivity index (χ0) is 25.4. The summed E-state index contributed by atoms with van der Waals surface area (Å²) < 4.78 is 5.17. The summed E-state index contributed by atoms with van der Waals surface area (Å²) in [5, 5.41) is 18.0. The first-order chi connectivity index (χ1) is 16.7. The lowest BCUT2D eigenvalue weighted by atomic mass is 9.92. The second-order valence-corrected chi connectivity index (χ2v) is 9.48. The van der Waals surface area contributed by atoms with E-state index < -0.39 is 29.4 Å². The number of carbonyl (C=O) groups is 4. The number of nitrogens with zero attached hydrogens (tertiary/aromatic N) is 1. The summed E-state index contributed by atoms with van der Waals surface area (Å²) in [4.78, 5) is 52.3. The van der Waals surface area contributed by atoms with E-state index in [1.54, 1.807) is 23.1 Å². The highest BCUT2D eigenvalue weighted by Gasteiger charge is 2.40. The van der Waals surface area contributed by atoms with Crippen molar-refractivity contribution in [3.8, 4) is 5.75 Å². The Labute approximate surface area is 205 Å². The lowest BCUT2D eigenvalue weighted by Crippen LogP contribution is -2.65. The van der Waals surface area contributed by atoms with Gasteiger partial charge in [0.1, 0.15) is 5.75 Å². The van der Waals surface area contributed by atoms with Crippen molar-refractivity contribution >= 4 is 23.7 Å². The van der Waals surface area contributed by atoms with Crippen molar-refractivity contribution in [3.05, 3.63) is 29.8 Å². The molecule has 3 amide bonds. The van der Waals surface area contributed by atoms with Crippen LogP contribution in [0.25, 0.3) is 0 Å². The zero-order valence-electron chi connectivity index (χ0n) is 20.5. The first kappa shape index (κ1) is 26.5. The molecule has 1 unspecified atom stereocenters. The molecule has 10 heteroatoms. The molecule has 0 aliphatic carbocycles. The molecule has 2 fully saturated rings. The van der Waals surface area contributed by atoms with Crippen LogP contribution in [0.2, 0.25) is 0 Å². The monoisotopic (exact) mass is 488 g/mol. The van der Waals surface area contributed by atoms with Gasteiger partial charge in [0.05, 0.1) is 18.6 Å². The van der Waals surface area contributed by atoms with Gasteiger partial charge in [-0.1, -0.05) is 12.1 Å². The van der Waals surface area contributed by atoms with E-state index in [1.807, 2.05) is 0 Å². The maximum atomic E-state index is 13.0. The number of hydrogen-bond donors (Lipinski definition) is 4. The topological polar surface area (TPSA) is 137 Å². The number of carbonyl (C=O) groups excluding carboxylic acids is 3. The van der Waals surface area contributed by atoms with E-state index >= 15 is 0 Å². The van der Waals surface area contributed by atoms with Crippen LogP contribution in [0.5, 0.6) is 5.75 Å². The molecular weight excluding hydrogens is 452 g/mol. The molecule has 35 heavy (non-hydrogen) atoms. The van der Waals surface area contributed by atoms with Crippen molar-refractivity contribution in [1.29, 1.82) is 0 Å². The van der Waals surface area contributed by atoms with Gasteiger partial charge in [0, 0.05) is 19.5 Å². The van der Waals surface area contributed by atoms with Crippen LogP contribution in [-0.4, -0.2) is 72.6 Å². The van der Waals surface area contributed by atoms with Crippen LogP contribution in [0, 0.1) is 11.8 Å². The van der Waals surface area contributed by atoms with Gasteiger partial charge in [0.15, 0.2) is 0 Å². The normalized spacial score (nSPS) is 20.4. The summed E-state index contributed by atoms with van der Waals surface area (Å²) in [6.45, 7) is 4.04. The minimum Gasteiger partial charge on any atom is -0.496 e. The number of piperidine rings is 2. The van der Waals surface area contributed by atoms with Gasteiger partial charge in [-0.2, -0.15) is 0 Å². The van der Waals surface area contributed by atoms with Crippen molar-refractivity contribution < 1.29 is 29.0 Å². The average molecular weight is 489 g/mol. The smallest absolute Gasteiger partial charge is 0.350 e. The van der Waals surface area contributed by atoms with E-state index in [9.17, 15) is 24.3 Å². The van der Waals surface area contributed by atoms with Crippen LogP contribution in [0.3, 0.4) is 0 Å². The third-order valence-corrected chi connectivity index (χ3v) is 6.89. The number of nitrogens with one attached hydrogen (secondary N) is 3. The molecule has 0 spiro atoms. The predicted octanol–water partition coefficient (Wildman–Crippen LogP) is 1.36. The highest BCUT2D eigenvalue weighted by atomic mass is 16.5. The van der Waals surface area contributed by atoms with E-state index in [4.69, 9.17) is 4.74 Å². The molecule has 3 rings (SSSR count). The van der Waals surface area contributed by atoms with E-state index in [-0.39, 0.29) is 23.8 Å². The number of para-hydroxylation sites is 1. The van der Waals surface area contributed by atoms with Gasteiger partial charge in [0.25, 0.3) is 5.91 Å². The summed E-state index contributed by atoms with van der Waals surface area (Å²) in [6.07, 6.45) is 4.66. The van der Waals surface area contributed by atoms with E-state index in [1.165, 1.54) is 20.1 Å². The molecule has 4 N–H and O–H groups in total. The molecule has 2 aliphatic rings. The number of amides is 3. The number of rotatable bonds is 9. The highest BCUT2D eigenvalue weighted by molar-refractivity contribution is 6.00. The highest BCUT2D eigenvalue weighted by Crippen LogP contribution is 2.22. The first-order valence-corrected chi connectivity index (χ1v) is 12.2. The maximum Gasteiger partial charge on any atom is 0.350 e. The number of methoxy groups -OCH3 is 1. The second-order valence-electron chi connectivity index (χ2n) is 9.48. The van der Waals surface area contributed by atoms with E-state index in [0.717, 1.165) is 32.4 Å². The number of carboxylic acids is 1.